The molecule has 4 rings (SSSR count). The number of halogens is 1. The Morgan fingerprint density at radius 3 is 2.43 bits per heavy atom. The quantitative estimate of drug-likeness (QED) is 0.733. The number of anilines is 1. The van der Waals surface area contributed by atoms with Crippen LogP contribution in [0.2, 0.25) is 0 Å². The highest BCUT2D eigenvalue weighted by Gasteiger charge is 2.21. The van der Waals surface area contributed by atoms with Gasteiger partial charge in [-0.15, -0.1) is 12.4 Å². The zero-order valence-electron chi connectivity index (χ0n) is 16.4. The van der Waals surface area contributed by atoms with Crippen LogP contribution < -0.4 is 10.2 Å². The number of carbonyl (C=O) groups excluding carboxylic acids is 1. The normalized spacial score (nSPS) is 14.0. The Kier molecular flexibility index (Phi) is 6.27. The Hall–Kier alpha value is -2.50. The monoisotopic (exact) mass is 398 g/mol. The van der Waals surface area contributed by atoms with E-state index in [1.54, 1.807) is 4.90 Å². The Morgan fingerprint density at radius 2 is 1.75 bits per heavy atom. The molecule has 1 amide bonds. The van der Waals surface area contributed by atoms with Gasteiger partial charge in [-0.3, -0.25) is 4.79 Å². The highest BCUT2D eigenvalue weighted by Crippen LogP contribution is 2.31. The molecule has 1 aromatic heterocycles. The van der Waals surface area contributed by atoms with Crippen LogP contribution in [0.15, 0.2) is 54.6 Å². The van der Waals surface area contributed by atoms with Gasteiger partial charge in [0.25, 0.3) is 5.91 Å². The lowest BCUT2D eigenvalue weighted by Crippen LogP contribution is -2.43. The third-order valence-electron chi connectivity index (χ3n) is 5.19. The van der Waals surface area contributed by atoms with Crippen molar-refractivity contribution in [3.63, 3.8) is 0 Å². The lowest BCUT2D eigenvalue weighted by atomic mass is 10.1. The van der Waals surface area contributed by atoms with Gasteiger partial charge in [-0.1, -0.05) is 36.4 Å². The van der Waals surface area contributed by atoms with Crippen LogP contribution in [0, 0.1) is 0 Å². The van der Waals surface area contributed by atoms with Crippen molar-refractivity contribution in [2.45, 2.75) is 6.54 Å². The van der Waals surface area contributed by atoms with Crippen LogP contribution in [-0.4, -0.2) is 55.6 Å². The van der Waals surface area contributed by atoms with Gasteiger partial charge in [-0.25, -0.2) is 0 Å². The van der Waals surface area contributed by atoms with Crippen molar-refractivity contribution in [3.8, 4) is 0 Å². The van der Waals surface area contributed by atoms with Crippen LogP contribution in [0.5, 0.6) is 0 Å². The zero-order chi connectivity index (χ0) is 18.8. The van der Waals surface area contributed by atoms with Gasteiger partial charge in [0, 0.05) is 57.9 Å². The van der Waals surface area contributed by atoms with Crippen molar-refractivity contribution in [2.75, 3.05) is 45.2 Å². The summed E-state index contributed by atoms with van der Waals surface area (Å²) in [6.07, 6.45) is 0. The summed E-state index contributed by atoms with van der Waals surface area (Å²) in [5, 5.41) is 4.56. The second-order valence-electron chi connectivity index (χ2n) is 7.25. The van der Waals surface area contributed by atoms with Gasteiger partial charge < -0.3 is 19.7 Å². The van der Waals surface area contributed by atoms with Crippen LogP contribution >= 0.6 is 12.4 Å². The fraction of sp³-hybridized carbons (Fsp3) is 0.318. The summed E-state index contributed by atoms with van der Waals surface area (Å²) < 4.78 is 2.15. The number of rotatable bonds is 4. The minimum absolute atomic E-state index is 0. The number of fused-ring (bicyclic) bond motifs is 1. The summed E-state index contributed by atoms with van der Waals surface area (Å²) in [6, 6.07) is 18.8. The molecule has 0 spiro atoms. The molecule has 0 radical (unpaired) electrons. The Balaban J connectivity index is 0.00000225. The first-order valence-electron chi connectivity index (χ1n) is 9.48. The maximum Gasteiger partial charge on any atom is 0.270 e. The molecule has 1 aliphatic rings. The molecule has 3 aromatic rings. The van der Waals surface area contributed by atoms with E-state index in [1.165, 1.54) is 11.3 Å². The van der Waals surface area contributed by atoms with Crippen LogP contribution in [0.1, 0.15) is 16.1 Å². The molecular weight excluding hydrogens is 372 g/mol. The molecule has 5 nitrogen and oxygen atoms in total. The summed E-state index contributed by atoms with van der Waals surface area (Å²) in [7, 11) is 3.62. The molecular formula is C22H27ClN4O. The van der Waals surface area contributed by atoms with Crippen molar-refractivity contribution in [1.29, 1.82) is 0 Å². The van der Waals surface area contributed by atoms with Gasteiger partial charge in [-0.2, -0.15) is 0 Å². The highest BCUT2D eigenvalue weighted by molar-refractivity contribution is 6.02. The predicted octanol–water partition coefficient (Wildman–Crippen LogP) is 3.22. The van der Waals surface area contributed by atoms with Gasteiger partial charge in [0.2, 0.25) is 0 Å². The fourth-order valence-corrected chi connectivity index (χ4v) is 3.79. The first-order chi connectivity index (χ1) is 13.1. The molecule has 0 atom stereocenters. The van der Waals surface area contributed by atoms with Gasteiger partial charge in [-0.05, 0) is 23.8 Å². The second-order valence-corrected chi connectivity index (χ2v) is 7.25. The molecule has 1 aliphatic heterocycles. The number of nitrogens with one attached hydrogen (secondary N) is 1. The number of aromatic nitrogens is 1. The number of hydrogen-bond acceptors (Lipinski definition) is 3. The smallest absolute Gasteiger partial charge is 0.270 e. The van der Waals surface area contributed by atoms with E-state index in [0.29, 0.717) is 6.54 Å². The summed E-state index contributed by atoms with van der Waals surface area (Å²) in [6.45, 7) is 4.64. The maximum atomic E-state index is 12.9. The molecule has 2 heterocycles. The first-order valence-corrected chi connectivity index (χ1v) is 9.48. The largest absolute Gasteiger partial charge is 0.368 e. The fourth-order valence-electron chi connectivity index (χ4n) is 3.79. The van der Waals surface area contributed by atoms with E-state index in [0.717, 1.165) is 42.8 Å². The number of piperazine rings is 1. The van der Waals surface area contributed by atoms with Gasteiger partial charge in [0.1, 0.15) is 5.69 Å². The molecule has 0 bridgehead atoms. The van der Waals surface area contributed by atoms with Gasteiger partial charge in [0.15, 0.2) is 0 Å². The van der Waals surface area contributed by atoms with E-state index in [4.69, 9.17) is 0 Å². The van der Waals surface area contributed by atoms with Crippen LogP contribution in [-0.2, 0) is 6.54 Å². The highest BCUT2D eigenvalue weighted by atomic mass is 35.5. The van der Waals surface area contributed by atoms with E-state index in [-0.39, 0.29) is 18.3 Å². The van der Waals surface area contributed by atoms with Crippen molar-refractivity contribution in [2.24, 2.45) is 0 Å². The molecule has 6 heteroatoms. The molecule has 148 valence electrons. The first kappa shape index (κ1) is 20.2. The van der Waals surface area contributed by atoms with Gasteiger partial charge in [0.05, 0.1) is 5.52 Å². The summed E-state index contributed by atoms with van der Waals surface area (Å²) in [5.74, 6) is 0.0355. The minimum atomic E-state index is 0. The molecule has 28 heavy (non-hydrogen) atoms. The Labute approximate surface area is 172 Å². The number of amides is 1. The topological polar surface area (TPSA) is 40.5 Å². The number of hydrogen-bond donors (Lipinski definition) is 1. The van der Waals surface area contributed by atoms with E-state index >= 15 is 0 Å². The zero-order valence-corrected chi connectivity index (χ0v) is 17.2. The number of carbonyl (C=O) groups is 1. The van der Waals surface area contributed by atoms with Crippen molar-refractivity contribution in [3.05, 3.63) is 65.9 Å². The van der Waals surface area contributed by atoms with Crippen molar-refractivity contribution >= 4 is 34.9 Å². The maximum absolute atomic E-state index is 12.9. The second kappa shape index (κ2) is 8.67. The van der Waals surface area contributed by atoms with E-state index in [1.807, 2.05) is 32.3 Å². The summed E-state index contributed by atoms with van der Waals surface area (Å²) >= 11 is 0. The van der Waals surface area contributed by atoms with Crippen molar-refractivity contribution < 1.29 is 4.79 Å². The average Bonchev–Trinajstić information content (AvgIpc) is 3.07. The molecule has 2 aromatic carbocycles. The molecule has 1 fully saturated rings. The lowest BCUT2D eigenvalue weighted by molar-refractivity contribution is 0.0818. The lowest BCUT2D eigenvalue weighted by Gasteiger charge is -2.30. The minimum Gasteiger partial charge on any atom is -0.368 e. The number of benzene rings is 2. The Bertz CT molecular complexity index is 946. The average molecular weight is 399 g/mol. The third kappa shape index (κ3) is 3.86. The standard InChI is InChI=1S/C22H26N4O.ClH/c1-24(2)22(27)21-15-18-19(25-13-11-23-12-14-25)9-6-10-20(18)26(21)16-17-7-4-3-5-8-17;/h3-10,15,23H,11-14,16H2,1-2H3;1H. The van der Waals surface area contributed by atoms with Crippen molar-refractivity contribution in [1.82, 2.24) is 14.8 Å². The molecule has 0 saturated carbocycles. The van der Waals surface area contributed by atoms with Crippen LogP contribution in [0.4, 0.5) is 5.69 Å². The Morgan fingerprint density at radius 1 is 1.04 bits per heavy atom. The molecule has 0 unspecified atom stereocenters. The molecule has 1 N–H and O–H groups in total. The van der Waals surface area contributed by atoms with E-state index in [2.05, 4.69) is 51.2 Å². The number of nitrogens with zero attached hydrogens (tertiary/aromatic N) is 3. The summed E-state index contributed by atoms with van der Waals surface area (Å²) in [4.78, 5) is 17.0. The SMILES string of the molecule is CN(C)C(=O)c1cc2c(N3CCNCC3)cccc2n1Cc1ccccc1.Cl. The molecule has 0 aliphatic carbocycles. The molecule has 1 saturated heterocycles. The van der Waals surface area contributed by atoms with Crippen LogP contribution in [0.3, 0.4) is 0 Å². The van der Waals surface area contributed by atoms with E-state index in [9.17, 15) is 4.79 Å². The van der Waals surface area contributed by atoms with Crippen LogP contribution in [0.25, 0.3) is 10.9 Å². The van der Waals surface area contributed by atoms with E-state index < -0.39 is 0 Å². The van der Waals surface area contributed by atoms with Gasteiger partial charge >= 0.3 is 0 Å². The summed E-state index contributed by atoms with van der Waals surface area (Å²) in [5.41, 5.74) is 4.26. The third-order valence-corrected chi connectivity index (χ3v) is 5.19. The predicted molar refractivity (Wildman–Crippen MR) is 118 cm³/mol.